The number of piperazine rings is 1. The highest BCUT2D eigenvalue weighted by molar-refractivity contribution is 7.89. The van der Waals surface area contributed by atoms with Gasteiger partial charge >= 0.3 is 0 Å². The van der Waals surface area contributed by atoms with Gasteiger partial charge in [-0.2, -0.15) is 4.31 Å². The van der Waals surface area contributed by atoms with E-state index in [2.05, 4.69) is 4.90 Å². The minimum Gasteiger partial charge on any atom is -0.340 e. The molecule has 9 heteroatoms. The zero-order chi connectivity index (χ0) is 18.9. The van der Waals surface area contributed by atoms with Crippen LogP contribution in [0.15, 0.2) is 23.1 Å². The molecule has 0 radical (unpaired) electrons. The number of likely N-dealkylation sites (N-methyl/N-ethyl adjacent to an activating group) is 1. The molecule has 2 heterocycles. The number of halogens is 2. The molecule has 1 amide bonds. The van der Waals surface area contributed by atoms with Gasteiger partial charge in [-0.15, -0.1) is 0 Å². The highest BCUT2D eigenvalue weighted by atomic mass is 32.2. The Morgan fingerprint density at radius 1 is 1.04 bits per heavy atom. The summed E-state index contributed by atoms with van der Waals surface area (Å²) in [6.45, 7) is 3.28. The predicted octanol–water partition coefficient (Wildman–Crippen LogP) is 1.14. The number of rotatable bonds is 3. The van der Waals surface area contributed by atoms with Gasteiger partial charge in [-0.1, -0.05) is 0 Å². The van der Waals surface area contributed by atoms with Crippen molar-refractivity contribution in [1.82, 2.24) is 14.1 Å². The summed E-state index contributed by atoms with van der Waals surface area (Å²) in [6, 6.07) is 2.40. The average molecular weight is 387 g/mol. The van der Waals surface area contributed by atoms with Crippen LogP contribution in [0.3, 0.4) is 0 Å². The van der Waals surface area contributed by atoms with Crippen LogP contribution in [0.4, 0.5) is 8.78 Å². The lowest BCUT2D eigenvalue weighted by Crippen LogP contribution is -2.51. The Labute approximate surface area is 152 Å². The summed E-state index contributed by atoms with van der Waals surface area (Å²) in [5.74, 6) is -1.93. The first-order valence-electron chi connectivity index (χ1n) is 8.71. The van der Waals surface area contributed by atoms with Crippen molar-refractivity contribution >= 4 is 15.9 Å². The fourth-order valence-corrected chi connectivity index (χ4v) is 4.99. The molecule has 0 spiro atoms. The molecule has 0 aromatic heterocycles. The zero-order valence-electron chi connectivity index (χ0n) is 14.7. The van der Waals surface area contributed by atoms with E-state index in [-0.39, 0.29) is 24.9 Å². The van der Waals surface area contributed by atoms with Crippen molar-refractivity contribution < 1.29 is 22.0 Å². The van der Waals surface area contributed by atoms with Gasteiger partial charge in [0.1, 0.15) is 16.5 Å². The topological polar surface area (TPSA) is 60.9 Å². The molecule has 0 atom stereocenters. The first-order valence-corrected chi connectivity index (χ1v) is 10.2. The van der Waals surface area contributed by atoms with Gasteiger partial charge in [-0.25, -0.2) is 17.2 Å². The van der Waals surface area contributed by atoms with Crippen LogP contribution in [-0.4, -0.2) is 74.7 Å². The molecule has 1 aromatic rings. The lowest BCUT2D eigenvalue weighted by atomic mass is 9.96. The van der Waals surface area contributed by atoms with Crippen molar-refractivity contribution in [2.24, 2.45) is 5.92 Å². The summed E-state index contributed by atoms with van der Waals surface area (Å²) in [5, 5.41) is 0. The molecule has 3 rings (SSSR count). The van der Waals surface area contributed by atoms with Gasteiger partial charge in [0.05, 0.1) is 0 Å². The maximum atomic E-state index is 13.9. The summed E-state index contributed by atoms with van der Waals surface area (Å²) in [4.78, 5) is 16.0. The fraction of sp³-hybridized carbons (Fsp3) is 0.588. The molecule has 0 bridgehead atoms. The Morgan fingerprint density at radius 3 is 2.27 bits per heavy atom. The molecule has 0 N–H and O–H groups in total. The fourth-order valence-electron chi connectivity index (χ4n) is 3.44. The first-order chi connectivity index (χ1) is 12.3. The van der Waals surface area contributed by atoms with Crippen molar-refractivity contribution in [2.75, 3.05) is 46.3 Å². The Balaban J connectivity index is 1.64. The second-order valence-electron chi connectivity index (χ2n) is 6.88. The summed E-state index contributed by atoms with van der Waals surface area (Å²) in [6.07, 6.45) is 0.780. The molecule has 26 heavy (non-hydrogen) atoms. The van der Waals surface area contributed by atoms with Gasteiger partial charge in [0.2, 0.25) is 15.9 Å². The van der Waals surface area contributed by atoms with Crippen LogP contribution in [0.2, 0.25) is 0 Å². The van der Waals surface area contributed by atoms with Crippen LogP contribution in [0.1, 0.15) is 12.8 Å². The highest BCUT2D eigenvalue weighted by Crippen LogP contribution is 2.27. The monoisotopic (exact) mass is 387 g/mol. The SMILES string of the molecule is CN1CCN(C(=O)C2CCN(S(=O)(=O)c3cc(F)ccc3F)CC2)CC1. The minimum atomic E-state index is -4.11. The van der Waals surface area contributed by atoms with E-state index in [1.165, 1.54) is 0 Å². The van der Waals surface area contributed by atoms with E-state index in [4.69, 9.17) is 0 Å². The van der Waals surface area contributed by atoms with Gasteiger partial charge in [0.25, 0.3) is 0 Å². The second kappa shape index (κ2) is 7.58. The lowest BCUT2D eigenvalue weighted by Gasteiger charge is -2.37. The third kappa shape index (κ3) is 3.89. The van der Waals surface area contributed by atoms with Crippen molar-refractivity contribution in [2.45, 2.75) is 17.7 Å². The Morgan fingerprint density at radius 2 is 1.65 bits per heavy atom. The van der Waals surface area contributed by atoms with Crippen molar-refractivity contribution in [3.05, 3.63) is 29.8 Å². The number of amides is 1. The number of nitrogens with zero attached hydrogens (tertiary/aromatic N) is 3. The van der Waals surface area contributed by atoms with Crippen LogP contribution in [0.25, 0.3) is 0 Å². The van der Waals surface area contributed by atoms with Crippen LogP contribution >= 0.6 is 0 Å². The number of piperidine rings is 1. The average Bonchev–Trinajstić information content (AvgIpc) is 2.64. The molecule has 2 fully saturated rings. The van der Waals surface area contributed by atoms with Gasteiger partial charge in [-0.05, 0) is 38.1 Å². The Kier molecular flexibility index (Phi) is 5.59. The van der Waals surface area contributed by atoms with Crippen molar-refractivity contribution in [1.29, 1.82) is 0 Å². The predicted molar refractivity (Wildman–Crippen MR) is 91.9 cm³/mol. The molecule has 2 aliphatic rings. The van der Waals surface area contributed by atoms with E-state index in [0.29, 0.717) is 32.0 Å². The van der Waals surface area contributed by atoms with Crippen LogP contribution in [0.5, 0.6) is 0 Å². The summed E-state index contributed by atoms with van der Waals surface area (Å²) in [5.41, 5.74) is 0. The molecule has 2 aliphatic heterocycles. The third-order valence-corrected chi connectivity index (χ3v) is 7.04. The number of sulfonamides is 1. The van der Waals surface area contributed by atoms with Crippen molar-refractivity contribution in [3.8, 4) is 0 Å². The molecule has 0 unspecified atom stereocenters. The smallest absolute Gasteiger partial charge is 0.246 e. The molecule has 6 nitrogen and oxygen atoms in total. The van der Waals surface area contributed by atoms with Gasteiger partial charge < -0.3 is 9.80 Å². The Bertz CT molecular complexity index is 771. The molecule has 144 valence electrons. The number of benzene rings is 1. The first kappa shape index (κ1) is 19.2. The minimum absolute atomic E-state index is 0.0621. The largest absolute Gasteiger partial charge is 0.340 e. The molecular formula is C17H23F2N3O3S. The molecule has 0 saturated carbocycles. The molecule has 2 saturated heterocycles. The summed E-state index contributed by atoms with van der Waals surface area (Å²) >= 11 is 0. The van der Waals surface area contributed by atoms with Crippen LogP contribution in [-0.2, 0) is 14.8 Å². The number of hydrogen-bond acceptors (Lipinski definition) is 4. The third-order valence-electron chi connectivity index (χ3n) is 5.13. The number of carbonyl (C=O) groups is 1. The summed E-state index contributed by atoms with van der Waals surface area (Å²) < 4.78 is 53.5. The maximum absolute atomic E-state index is 13.9. The van der Waals surface area contributed by atoms with E-state index in [1.807, 2.05) is 11.9 Å². The van der Waals surface area contributed by atoms with E-state index in [0.717, 1.165) is 29.5 Å². The normalized spacial score (nSPS) is 21.1. The van der Waals surface area contributed by atoms with E-state index in [1.54, 1.807) is 0 Å². The van der Waals surface area contributed by atoms with Gasteiger partial charge in [0.15, 0.2) is 0 Å². The molecular weight excluding hydrogens is 364 g/mol. The second-order valence-corrected chi connectivity index (χ2v) is 8.79. The van der Waals surface area contributed by atoms with E-state index >= 15 is 0 Å². The maximum Gasteiger partial charge on any atom is 0.246 e. The van der Waals surface area contributed by atoms with Crippen LogP contribution < -0.4 is 0 Å². The lowest BCUT2D eigenvalue weighted by molar-refractivity contribution is -0.138. The zero-order valence-corrected chi connectivity index (χ0v) is 15.5. The van der Waals surface area contributed by atoms with E-state index in [9.17, 15) is 22.0 Å². The Hall–Kier alpha value is -1.58. The number of hydrogen-bond donors (Lipinski definition) is 0. The highest BCUT2D eigenvalue weighted by Gasteiger charge is 2.35. The van der Waals surface area contributed by atoms with Gasteiger partial charge in [0, 0.05) is 45.2 Å². The van der Waals surface area contributed by atoms with Crippen molar-refractivity contribution in [3.63, 3.8) is 0 Å². The molecule has 0 aliphatic carbocycles. The quantitative estimate of drug-likeness (QED) is 0.781. The number of carbonyl (C=O) groups excluding carboxylic acids is 1. The molecule has 1 aromatic carbocycles. The standard InChI is InChI=1S/C17H23F2N3O3S/c1-20-8-10-21(11-9-20)17(23)13-4-6-22(7-5-13)26(24,25)16-12-14(18)2-3-15(16)19/h2-3,12-13H,4-11H2,1H3. The van der Waals surface area contributed by atoms with Crippen LogP contribution in [0, 0.1) is 17.6 Å². The van der Waals surface area contributed by atoms with E-state index < -0.39 is 26.6 Å². The van der Waals surface area contributed by atoms with Gasteiger partial charge in [-0.3, -0.25) is 4.79 Å². The summed E-state index contributed by atoms with van der Waals surface area (Å²) in [7, 11) is -2.10.